The van der Waals surface area contributed by atoms with Crippen molar-refractivity contribution in [2.45, 2.75) is 44.1 Å². The van der Waals surface area contributed by atoms with Gasteiger partial charge in [0.15, 0.2) is 0 Å². The number of fused-ring (bicyclic) bond motifs is 1. The second-order valence-electron chi connectivity index (χ2n) is 7.80. The molecule has 0 bridgehead atoms. The molecule has 26 heavy (non-hydrogen) atoms. The van der Waals surface area contributed by atoms with Crippen molar-refractivity contribution in [3.63, 3.8) is 0 Å². The molecule has 1 N–H and O–H groups in total. The van der Waals surface area contributed by atoms with Gasteiger partial charge in [-0.25, -0.2) is 4.98 Å². The Labute approximate surface area is 153 Å². The lowest BCUT2D eigenvalue weighted by atomic mass is 9.84. The van der Waals surface area contributed by atoms with Crippen LogP contribution in [0.25, 0.3) is 5.65 Å². The number of carbonyl (C=O) groups excluding carboxylic acids is 1. The number of hydrogen-bond donors (Lipinski definition) is 1. The first-order valence-electron chi connectivity index (χ1n) is 9.50. The van der Waals surface area contributed by atoms with Crippen LogP contribution in [-0.2, 0) is 16.8 Å². The molecule has 3 aromatic rings. The van der Waals surface area contributed by atoms with E-state index in [1.54, 1.807) is 0 Å². The van der Waals surface area contributed by atoms with Gasteiger partial charge in [-0.2, -0.15) is 0 Å². The summed E-state index contributed by atoms with van der Waals surface area (Å²) in [5, 5.41) is 3.23. The molecular formula is C22H23N3O. The van der Waals surface area contributed by atoms with Gasteiger partial charge in [0.2, 0.25) is 5.91 Å². The molecule has 0 unspecified atom stereocenters. The Morgan fingerprint density at radius 3 is 2.65 bits per heavy atom. The van der Waals surface area contributed by atoms with Crippen LogP contribution in [0.2, 0.25) is 0 Å². The fourth-order valence-electron chi connectivity index (χ4n) is 5.14. The lowest BCUT2D eigenvalue weighted by Gasteiger charge is -2.22. The predicted octanol–water partition coefficient (Wildman–Crippen LogP) is 3.85. The third kappa shape index (κ3) is 2.14. The van der Waals surface area contributed by atoms with E-state index in [0.717, 1.165) is 17.8 Å². The summed E-state index contributed by atoms with van der Waals surface area (Å²) in [7, 11) is 0. The van der Waals surface area contributed by atoms with E-state index in [4.69, 9.17) is 0 Å². The molecule has 0 saturated heterocycles. The van der Waals surface area contributed by atoms with E-state index in [2.05, 4.69) is 34.6 Å². The van der Waals surface area contributed by atoms with Gasteiger partial charge >= 0.3 is 0 Å². The number of carbonyl (C=O) groups is 1. The first-order valence-corrected chi connectivity index (χ1v) is 9.50. The van der Waals surface area contributed by atoms with Crippen molar-refractivity contribution in [1.82, 2.24) is 14.7 Å². The van der Waals surface area contributed by atoms with E-state index < -0.39 is 0 Å². The molecule has 132 valence electrons. The summed E-state index contributed by atoms with van der Waals surface area (Å²) in [6.45, 7) is 0.509. The van der Waals surface area contributed by atoms with Gasteiger partial charge in [-0.05, 0) is 42.4 Å². The summed E-state index contributed by atoms with van der Waals surface area (Å²) in [6, 6.07) is 16.3. The Hall–Kier alpha value is -2.62. The van der Waals surface area contributed by atoms with E-state index in [-0.39, 0.29) is 16.7 Å². The molecule has 1 amide bonds. The fraction of sp³-hybridized carbons (Fsp3) is 0.364. The Bertz CT molecular complexity index is 956. The molecule has 1 spiro atoms. The molecule has 5 rings (SSSR count). The van der Waals surface area contributed by atoms with E-state index in [1.165, 1.54) is 31.2 Å². The molecule has 2 saturated carbocycles. The Morgan fingerprint density at radius 1 is 1.08 bits per heavy atom. The zero-order valence-electron chi connectivity index (χ0n) is 14.8. The van der Waals surface area contributed by atoms with Crippen LogP contribution in [0.4, 0.5) is 0 Å². The molecule has 1 atom stereocenters. The minimum atomic E-state index is -0.342. The number of nitrogens with zero attached hydrogens (tertiary/aromatic N) is 2. The Balaban J connectivity index is 1.42. The number of benzene rings is 1. The number of hydrogen-bond acceptors (Lipinski definition) is 2. The molecule has 2 fully saturated rings. The zero-order chi connectivity index (χ0) is 17.6. The fourth-order valence-corrected chi connectivity index (χ4v) is 5.14. The van der Waals surface area contributed by atoms with Crippen molar-refractivity contribution in [3.8, 4) is 0 Å². The maximum absolute atomic E-state index is 13.4. The molecule has 2 aromatic heterocycles. The molecule has 0 aliphatic heterocycles. The van der Waals surface area contributed by atoms with Gasteiger partial charge in [0, 0.05) is 6.20 Å². The molecule has 2 heterocycles. The van der Waals surface area contributed by atoms with Crippen molar-refractivity contribution < 1.29 is 4.79 Å². The second kappa shape index (κ2) is 5.70. The SMILES string of the molecule is O=C(NCc1cnc2ccccn12)[C@]1(c2ccccc2)CC12CCCC2. The van der Waals surface area contributed by atoms with Gasteiger partial charge in [-0.15, -0.1) is 0 Å². The number of imidazole rings is 1. The molecule has 2 aliphatic carbocycles. The van der Waals surface area contributed by atoms with Gasteiger partial charge in [0.25, 0.3) is 0 Å². The second-order valence-corrected chi connectivity index (χ2v) is 7.80. The monoisotopic (exact) mass is 345 g/mol. The average Bonchev–Trinajstić information content (AvgIpc) is 2.98. The van der Waals surface area contributed by atoms with Crippen molar-refractivity contribution in [3.05, 3.63) is 72.2 Å². The smallest absolute Gasteiger partial charge is 0.231 e. The number of rotatable bonds is 4. The van der Waals surface area contributed by atoms with Crippen LogP contribution in [-0.4, -0.2) is 15.3 Å². The van der Waals surface area contributed by atoms with E-state index in [0.29, 0.717) is 6.54 Å². The van der Waals surface area contributed by atoms with Crippen molar-refractivity contribution in [2.75, 3.05) is 0 Å². The summed E-state index contributed by atoms with van der Waals surface area (Å²) in [6.07, 6.45) is 9.67. The molecular weight excluding hydrogens is 322 g/mol. The van der Waals surface area contributed by atoms with Gasteiger partial charge in [-0.3, -0.25) is 4.79 Å². The third-order valence-corrected chi connectivity index (χ3v) is 6.52. The molecule has 4 nitrogen and oxygen atoms in total. The summed E-state index contributed by atoms with van der Waals surface area (Å²) in [4.78, 5) is 17.8. The highest BCUT2D eigenvalue weighted by Gasteiger charge is 2.72. The number of nitrogens with one attached hydrogen (secondary N) is 1. The summed E-state index contributed by atoms with van der Waals surface area (Å²) < 4.78 is 2.04. The quantitative estimate of drug-likeness (QED) is 0.781. The molecule has 4 heteroatoms. The van der Waals surface area contributed by atoms with Crippen LogP contribution in [0.1, 0.15) is 43.4 Å². The lowest BCUT2D eigenvalue weighted by molar-refractivity contribution is -0.124. The van der Waals surface area contributed by atoms with Crippen LogP contribution in [0, 0.1) is 5.41 Å². The maximum atomic E-state index is 13.4. The lowest BCUT2D eigenvalue weighted by Crippen LogP contribution is -2.38. The topological polar surface area (TPSA) is 46.4 Å². The van der Waals surface area contributed by atoms with Crippen LogP contribution < -0.4 is 5.32 Å². The van der Waals surface area contributed by atoms with Gasteiger partial charge in [-0.1, -0.05) is 49.2 Å². The maximum Gasteiger partial charge on any atom is 0.231 e. The zero-order valence-corrected chi connectivity index (χ0v) is 14.8. The third-order valence-electron chi connectivity index (χ3n) is 6.52. The van der Waals surface area contributed by atoms with Crippen molar-refractivity contribution in [1.29, 1.82) is 0 Å². The standard InChI is InChI=1S/C22H23N3O/c26-20(24-15-18-14-23-19-10-4-7-13-25(18)19)22(17-8-2-1-3-9-17)16-21(22)11-5-6-12-21/h1-4,7-10,13-14H,5-6,11-12,15-16H2,(H,24,26)/t22-/m1/s1. The minimum Gasteiger partial charge on any atom is -0.350 e. The molecule has 0 radical (unpaired) electrons. The van der Waals surface area contributed by atoms with Crippen LogP contribution in [0.5, 0.6) is 0 Å². The minimum absolute atomic E-state index is 0.177. The van der Waals surface area contributed by atoms with Crippen LogP contribution >= 0.6 is 0 Å². The van der Waals surface area contributed by atoms with Crippen molar-refractivity contribution in [2.24, 2.45) is 5.41 Å². The van der Waals surface area contributed by atoms with Gasteiger partial charge in [0.1, 0.15) is 5.65 Å². The van der Waals surface area contributed by atoms with Crippen LogP contribution in [0.3, 0.4) is 0 Å². The Morgan fingerprint density at radius 2 is 1.85 bits per heavy atom. The summed E-state index contributed by atoms with van der Waals surface area (Å²) in [5.41, 5.74) is 2.94. The summed E-state index contributed by atoms with van der Waals surface area (Å²) in [5.74, 6) is 0.177. The average molecular weight is 345 g/mol. The Kier molecular flexibility index (Phi) is 3.42. The summed E-state index contributed by atoms with van der Waals surface area (Å²) >= 11 is 0. The molecule has 1 aromatic carbocycles. The largest absolute Gasteiger partial charge is 0.350 e. The van der Waals surface area contributed by atoms with Crippen LogP contribution in [0.15, 0.2) is 60.9 Å². The van der Waals surface area contributed by atoms with Gasteiger partial charge in [0.05, 0.1) is 23.9 Å². The highest BCUT2D eigenvalue weighted by atomic mass is 16.2. The highest BCUT2D eigenvalue weighted by molar-refractivity contribution is 5.93. The normalized spacial score (nSPS) is 23.4. The highest BCUT2D eigenvalue weighted by Crippen LogP contribution is 2.72. The number of pyridine rings is 1. The predicted molar refractivity (Wildman–Crippen MR) is 101 cm³/mol. The first-order chi connectivity index (χ1) is 12.8. The van der Waals surface area contributed by atoms with E-state index >= 15 is 0 Å². The number of aromatic nitrogens is 2. The van der Waals surface area contributed by atoms with Crippen molar-refractivity contribution >= 4 is 11.6 Å². The van der Waals surface area contributed by atoms with E-state index in [1.807, 2.05) is 41.1 Å². The first kappa shape index (κ1) is 15.6. The van der Waals surface area contributed by atoms with Gasteiger partial charge < -0.3 is 9.72 Å². The number of amides is 1. The molecule has 2 aliphatic rings. The van der Waals surface area contributed by atoms with E-state index in [9.17, 15) is 4.79 Å².